The quantitative estimate of drug-likeness (QED) is 0.140. The lowest BCUT2D eigenvalue weighted by Gasteiger charge is -2.37. The van der Waals surface area contributed by atoms with Crippen molar-refractivity contribution in [2.45, 2.75) is 45.4 Å². The lowest BCUT2D eigenvalue weighted by Crippen LogP contribution is -2.44. The van der Waals surface area contributed by atoms with Gasteiger partial charge in [-0.3, -0.25) is 10.1 Å². The number of amides is 1. The number of aliphatic hydroxyl groups excluding tert-OH is 1. The second kappa shape index (κ2) is 13.6. The van der Waals surface area contributed by atoms with Crippen LogP contribution in [-0.2, 0) is 16.9 Å². The topological polar surface area (TPSA) is 61.4 Å². The Morgan fingerprint density at radius 3 is 1.80 bits per heavy atom. The maximum Gasteiger partial charge on any atom is 0.224 e. The lowest BCUT2D eigenvalue weighted by molar-refractivity contribution is -0.117. The van der Waals surface area contributed by atoms with Crippen molar-refractivity contribution < 1.29 is 9.90 Å². The van der Waals surface area contributed by atoms with Crippen LogP contribution in [0, 0.1) is 5.41 Å². The van der Waals surface area contributed by atoms with E-state index in [0.717, 1.165) is 22.3 Å². The summed E-state index contributed by atoms with van der Waals surface area (Å²) in [4.78, 5) is 12.8. The van der Waals surface area contributed by atoms with Crippen LogP contribution in [0.5, 0.6) is 0 Å². The summed E-state index contributed by atoms with van der Waals surface area (Å²) in [6.45, 7) is 6.59. The van der Waals surface area contributed by atoms with Crippen LogP contribution in [0.1, 0.15) is 66.7 Å². The van der Waals surface area contributed by atoms with Crippen molar-refractivity contribution in [3.63, 3.8) is 0 Å². The van der Waals surface area contributed by atoms with E-state index in [1.54, 1.807) is 18.2 Å². The molecule has 0 saturated carbocycles. The van der Waals surface area contributed by atoms with Gasteiger partial charge in [-0.15, -0.1) is 0 Å². The van der Waals surface area contributed by atoms with Crippen molar-refractivity contribution >= 4 is 23.2 Å². The first kappa shape index (κ1) is 31.2. The van der Waals surface area contributed by atoms with E-state index in [-0.39, 0.29) is 11.3 Å². The number of hydrogen-bond acceptors (Lipinski definition) is 3. The van der Waals surface area contributed by atoms with Gasteiger partial charge < -0.3 is 10.4 Å². The Balaban J connectivity index is 1.48. The molecule has 1 unspecified atom stereocenters. The van der Waals surface area contributed by atoms with Crippen molar-refractivity contribution in [3.05, 3.63) is 172 Å². The SMILES string of the molecule is CC(C)(C)CC(=O)Nc1ccc(Cl)cc1C(O)c1cccc(CNC(c2ccccc2)(c2ccccc2)c2ccccc2)c1. The Morgan fingerprint density at radius 1 is 0.727 bits per heavy atom. The summed E-state index contributed by atoms with van der Waals surface area (Å²) in [7, 11) is 0. The van der Waals surface area contributed by atoms with E-state index in [1.165, 1.54) is 0 Å². The fraction of sp³-hybridized carbons (Fsp3) is 0.205. The number of benzene rings is 5. The summed E-state index contributed by atoms with van der Waals surface area (Å²) in [6.07, 6.45) is -0.626. The molecule has 5 aromatic rings. The van der Waals surface area contributed by atoms with E-state index in [0.29, 0.717) is 34.8 Å². The minimum atomic E-state index is -0.985. The smallest absolute Gasteiger partial charge is 0.224 e. The Kier molecular flexibility index (Phi) is 9.65. The van der Waals surface area contributed by atoms with Gasteiger partial charge >= 0.3 is 0 Å². The zero-order valence-corrected chi connectivity index (χ0v) is 26.2. The number of halogens is 1. The van der Waals surface area contributed by atoms with Crippen LogP contribution in [0.3, 0.4) is 0 Å². The zero-order chi connectivity index (χ0) is 31.2. The van der Waals surface area contributed by atoms with Crippen LogP contribution in [0.4, 0.5) is 5.69 Å². The summed E-state index contributed by atoms with van der Waals surface area (Å²) in [5, 5.41) is 19.0. The molecule has 0 spiro atoms. The van der Waals surface area contributed by atoms with Crippen LogP contribution in [0.25, 0.3) is 0 Å². The third-order valence-electron chi connectivity index (χ3n) is 7.72. The minimum Gasteiger partial charge on any atom is -0.384 e. The van der Waals surface area contributed by atoms with Crippen molar-refractivity contribution in [2.24, 2.45) is 5.41 Å². The fourth-order valence-corrected chi connectivity index (χ4v) is 5.89. The number of aliphatic hydroxyl groups is 1. The number of hydrogen-bond donors (Lipinski definition) is 3. The first-order valence-corrected chi connectivity index (χ1v) is 15.3. The third kappa shape index (κ3) is 7.28. The van der Waals surface area contributed by atoms with Crippen molar-refractivity contribution in [3.8, 4) is 0 Å². The Labute approximate surface area is 265 Å². The molecule has 0 aromatic heterocycles. The number of rotatable bonds is 10. The molecule has 0 bridgehead atoms. The van der Waals surface area contributed by atoms with Gasteiger partial charge in [0.05, 0.1) is 5.54 Å². The lowest BCUT2D eigenvalue weighted by atomic mass is 9.77. The van der Waals surface area contributed by atoms with Gasteiger partial charge in [0.25, 0.3) is 0 Å². The Hall–Kier alpha value is -4.22. The number of carbonyl (C=O) groups excluding carboxylic acids is 1. The van der Waals surface area contributed by atoms with E-state index < -0.39 is 11.6 Å². The molecule has 3 N–H and O–H groups in total. The molecular weight excluding hydrogens is 564 g/mol. The molecule has 1 atom stereocenters. The van der Waals surface area contributed by atoms with Gasteiger partial charge in [0.15, 0.2) is 0 Å². The molecular formula is C39H39ClN2O2. The van der Waals surface area contributed by atoms with Gasteiger partial charge in [-0.25, -0.2) is 0 Å². The second-order valence-corrected chi connectivity index (χ2v) is 12.8. The molecule has 0 aliphatic heterocycles. The molecule has 5 rings (SSSR count). The first-order valence-electron chi connectivity index (χ1n) is 14.9. The van der Waals surface area contributed by atoms with Crippen molar-refractivity contribution in [1.29, 1.82) is 0 Å². The molecule has 4 nitrogen and oxygen atoms in total. The van der Waals surface area contributed by atoms with Gasteiger partial charge in [-0.05, 0) is 51.4 Å². The van der Waals surface area contributed by atoms with Crippen LogP contribution >= 0.6 is 11.6 Å². The molecule has 1 amide bonds. The molecule has 0 saturated heterocycles. The highest BCUT2D eigenvalue weighted by Gasteiger charge is 2.35. The van der Waals surface area contributed by atoms with Gasteiger partial charge in [0.2, 0.25) is 5.91 Å². The standard InChI is InChI=1S/C39H39ClN2O2/c1-38(2,3)26-36(43)42-35-23-22-33(40)25-34(35)37(44)29-15-13-14-28(24-29)27-41-39(30-16-7-4-8-17-30,31-18-9-5-10-19-31)32-20-11-6-12-21-32/h4-25,37,41,44H,26-27H2,1-3H3,(H,42,43). The van der Waals surface area contributed by atoms with E-state index >= 15 is 0 Å². The number of nitrogens with one attached hydrogen (secondary N) is 2. The third-order valence-corrected chi connectivity index (χ3v) is 7.95. The average molecular weight is 603 g/mol. The monoisotopic (exact) mass is 602 g/mol. The molecule has 0 aliphatic rings. The fourth-order valence-electron chi connectivity index (χ4n) is 5.71. The molecule has 0 radical (unpaired) electrons. The highest BCUT2D eigenvalue weighted by atomic mass is 35.5. The normalized spacial score (nSPS) is 12.5. The van der Waals surface area contributed by atoms with E-state index in [9.17, 15) is 9.90 Å². The van der Waals surface area contributed by atoms with Crippen molar-refractivity contribution in [1.82, 2.24) is 5.32 Å². The Morgan fingerprint density at radius 2 is 1.27 bits per heavy atom. The maximum absolute atomic E-state index is 12.8. The van der Waals surface area contributed by atoms with E-state index in [4.69, 9.17) is 11.6 Å². The van der Waals surface area contributed by atoms with E-state index in [2.05, 4.69) is 89.5 Å². The van der Waals surface area contributed by atoms with Gasteiger partial charge in [-0.1, -0.05) is 148 Å². The summed E-state index contributed by atoms with van der Waals surface area (Å²) in [5.74, 6) is -0.106. The molecule has 44 heavy (non-hydrogen) atoms. The highest BCUT2D eigenvalue weighted by Crippen LogP contribution is 2.37. The molecule has 0 heterocycles. The van der Waals surface area contributed by atoms with Crippen LogP contribution in [-0.4, -0.2) is 11.0 Å². The molecule has 0 fully saturated rings. The summed E-state index contributed by atoms with van der Waals surface area (Å²) in [5.41, 5.74) is 5.43. The highest BCUT2D eigenvalue weighted by molar-refractivity contribution is 6.30. The molecule has 224 valence electrons. The van der Waals surface area contributed by atoms with Crippen LogP contribution in [0.15, 0.2) is 133 Å². The largest absolute Gasteiger partial charge is 0.384 e. The molecule has 0 aliphatic carbocycles. The first-order chi connectivity index (χ1) is 21.2. The summed E-state index contributed by atoms with van der Waals surface area (Å²) in [6, 6.07) is 44.5. The van der Waals surface area contributed by atoms with Crippen LogP contribution < -0.4 is 10.6 Å². The minimum absolute atomic E-state index is 0.106. The number of anilines is 1. The summed E-state index contributed by atoms with van der Waals surface area (Å²) < 4.78 is 0. The predicted molar refractivity (Wildman–Crippen MR) is 181 cm³/mol. The zero-order valence-electron chi connectivity index (χ0n) is 25.4. The number of carbonyl (C=O) groups is 1. The van der Waals surface area contributed by atoms with Crippen LogP contribution in [0.2, 0.25) is 5.02 Å². The van der Waals surface area contributed by atoms with Gasteiger partial charge in [-0.2, -0.15) is 0 Å². The average Bonchev–Trinajstić information content (AvgIpc) is 3.03. The summed E-state index contributed by atoms with van der Waals surface area (Å²) >= 11 is 6.36. The van der Waals surface area contributed by atoms with E-state index in [1.807, 2.05) is 57.2 Å². The molecule has 5 heteroatoms. The Bertz CT molecular complexity index is 1590. The molecule has 5 aromatic carbocycles. The van der Waals surface area contributed by atoms with Gasteiger partial charge in [0, 0.05) is 29.2 Å². The maximum atomic E-state index is 12.8. The second-order valence-electron chi connectivity index (χ2n) is 12.4. The van der Waals surface area contributed by atoms with Crippen molar-refractivity contribution in [2.75, 3.05) is 5.32 Å². The predicted octanol–water partition coefficient (Wildman–Crippen LogP) is 8.88. The van der Waals surface area contributed by atoms with Gasteiger partial charge in [0.1, 0.15) is 6.10 Å².